The van der Waals surface area contributed by atoms with Gasteiger partial charge >= 0.3 is 0 Å². The van der Waals surface area contributed by atoms with Gasteiger partial charge in [0.25, 0.3) is 0 Å². The Hall–Kier alpha value is -0.330. The second-order valence-electron chi connectivity index (χ2n) is 3.39. The number of sulfonamides is 1. The van der Waals surface area contributed by atoms with Gasteiger partial charge in [-0.1, -0.05) is 23.2 Å². The topological polar surface area (TPSA) is 46.6 Å². The first-order valence-corrected chi connectivity index (χ1v) is 6.99. The maximum Gasteiger partial charge on any atom is 0.244 e. The fourth-order valence-electron chi connectivity index (χ4n) is 1.19. The summed E-state index contributed by atoms with van der Waals surface area (Å²) in [7, 11) is -0.615. The third-order valence-electron chi connectivity index (χ3n) is 2.19. The first-order chi connectivity index (χ1) is 7.89. The van der Waals surface area contributed by atoms with E-state index in [4.69, 9.17) is 27.9 Å². The Morgan fingerprint density at radius 1 is 1.35 bits per heavy atom. The molecule has 1 aromatic carbocycles. The molecule has 0 radical (unpaired) electrons. The summed E-state index contributed by atoms with van der Waals surface area (Å²) in [6, 6.07) is 4.29. The molecule has 0 saturated carbocycles. The first kappa shape index (κ1) is 14.7. The van der Waals surface area contributed by atoms with Crippen LogP contribution in [-0.4, -0.2) is 40.0 Å². The van der Waals surface area contributed by atoms with Crippen LogP contribution in [0.3, 0.4) is 0 Å². The van der Waals surface area contributed by atoms with Crippen LogP contribution in [0.15, 0.2) is 23.1 Å². The molecule has 0 unspecified atom stereocenters. The van der Waals surface area contributed by atoms with Gasteiger partial charge in [-0.2, -0.15) is 4.31 Å². The number of likely N-dealkylation sites (N-methyl/N-ethyl adjacent to an activating group) is 1. The highest BCUT2D eigenvalue weighted by Gasteiger charge is 2.23. The molecule has 7 heteroatoms. The summed E-state index contributed by atoms with van der Waals surface area (Å²) in [6.45, 7) is 0.582. The van der Waals surface area contributed by atoms with E-state index in [0.717, 1.165) is 0 Å². The normalized spacial score (nSPS) is 12.1. The molecule has 1 rings (SSSR count). The van der Waals surface area contributed by atoms with Gasteiger partial charge in [-0.3, -0.25) is 0 Å². The molecule has 0 amide bonds. The van der Waals surface area contributed by atoms with Gasteiger partial charge in [0.05, 0.1) is 11.6 Å². The lowest BCUT2D eigenvalue weighted by molar-refractivity contribution is 0.185. The molecule has 0 heterocycles. The van der Waals surface area contributed by atoms with Gasteiger partial charge in [0, 0.05) is 25.7 Å². The highest BCUT2D eigenvalue weighted by Crippen LogP contribution is 2.26. The summed E-state index contributed by atoms with van der Waals surface area (Å²) < 4.78 is 30.2. The molecule has 0 atom stereocenters. The van der Waals surface area contributed by atoms with E-state index < -0.39 is 10.0 Å². The van der Waals surface area contributed by atoms with Crippen molar-refractivity contribution in [3.63, 3.8) is 0 Å². The predicted molar refractivity (Wildman–Crippen MR) is 68.2 cm³/mol. The van der Waals surface area contributed by atoms with Crippen molar-refractivity contribution in [2.45, 2.75) is 4.90 Å². The average Bonchev–Trinajstić information content (AvgIpc) is 2.25. The maximum absolute atomic E-state index is 12.1. The van der Waals surface area contributed by atoms with Crippen LogP contribution < -0.4 is 0 Å². The van der Waals surface area contributed by atoms with Gasteiger partial charge < -0.3 is 4.74 Å². The van der Waals surface area contributed by atoms with Crippen molar-refractivity contribution in [1.82, 2.24) is 4.31 Å². The molecule has 1 aromatic rings. The fraction of sp³-hybridized carbons (Fsp3) is 0.400. The van der Waals surface area contributed by atoms with Gasteiger partial charge in [0.2, 0.25) is 10.0 Å². The minimum atomic E-state index is -3.60. The van der Waals surface area contributed by atoms with E-state index in [1.165, 1.54) is 36.7 Å². The van der Waals surface area contributed by atoms with Crippen LogP contribution in [0.5, 0.6) is 0 Å². The minimum absolute atomic E-state index is 0.0437. The molecule has 0 fully saturated rings. The standard InChI is InChI=1S/C10H13Cl2NO3S/c1-13(5-6-16-2)17(14,15)10-4-3-8(11)7-9(10)12/h3-4,7H,5-6H2,1-2H3. The SMILES string of the molecule is COCCN(C)S(=O)(=O)c1ccc(Cl)cc1Cl. The zero-order chi connectivity index (χ0) is 13.1. The van der Waals surface area contributed by atoms with Gasteiger partial charge in [-0.15, -0.1) is 0 Å². The van der Waals surface area contributed by atoms with Crippen LogP contribution in [0.1, 0.15) is 0 Å². The molecule has 0 aliphatic heterocycles. The first-order valence-electron chi connectivity index (χ1n) is 4.80. The van der Waals surface area contributed by atoms with Crippen molar-refractivity contribution in [3.05, 3.63) is 28.2 Å². The number of hydrogen-bond donors (Lipinski definition) is 0. The van der Waals surface area contributed by atoms with Crippen LogP contribution >= 0.6 is 23.2 Å². The number of methoxy groups -OCH3 is 1. The molecule has 0 spiro atoms. The molecule has 17 heavy (non-hydrogen) atoms. The third kappa shape index (κ3) is 3.56. The Morgan fingerprint density at radius 3 is 2.53 bits per heavy atom. The van der Waals surface area contributed by atoms with E-state index >= 15 is 0 Å². The van der Waals surface area contributed by atoms with Crippen LogP contribution in [0, 0.1) is 0 Å². The molecular formula is C10H13Cl2NO3S. The summed E-state index contributed by atoms with van der Waals surface area (Å²) in [6.07, 6.45) is 0. The molecule has 0 saturated heterocycles. The number of ether oxygens (including phenoxy) is 1. The number of benzene rings is 1. The van der Waals surface area contributed by atoms with Crippen LogP contribution in [0.25, 0.3) is 0 Å². The van der Waals surface area contributed by atoms with Crippen molar-refractivity contribution in [1.29, 1.82) is 0 Å². The van der Waals surface area contributed by atoms with Crippen molar-refractivity contribution in [2.24, 2.45) is 0 Å². The van der Waals surface area contributed by atoms with E-state index in [-0.39, 0.29) is 16.5 Å². The molecule has 0 aromatic heterocycles. The number of halogens is 2. The van der Waals surface area contributed by atoms with Crippen LogP contribution in [-0.2, 0) is 14.8 Å². The predicted octanol–water partition coefficient (Wildman–Crippen LogP) is 2.26. The average molecular weight is 298 g/mol. The maximum atomic E-state index is 12.1. The molecule has 0 N–H and O–H groups in total. The Balaban J connectivity index is 3.04. The molecule has 0 aliphatic rings. The van der Waals surface area contributed by atoms with Gasteiger partial charge in [0.15, 0.2) is 0 Å². The minimum Gasteiger partial charge on any atom is -0.383 e. The Morgan fingerprint density at radius 2 is 2.00 bits per heavy atom. The molecule has 0 bridgehead atoms. The lowest BCUT2D eigenvalue weighted by Crippen LogP contribution is -2.30. The molecule has 0 aliphatic carbocycles. The van der Waals surface area contributed by atoms with Crippen molar-refractivity contribution >= 4 is 33.2 Å². The van der Waals surface area contributed by atoms with Gasteiger partial charge in [0.1, 0.15) is 4.90 Å². The Labute approximate surface area is 111 Å². The quantitative estimate of drug-likeness (QED) is 0.837. The number of hydrogen-bond acceptors (Lipinski definition) is 3. The van der Waals surface area contributed by atoms with E-state index in [1.807, 2.05) is 0 Å². The third-order valence-corrected chi connectivity index (χ3v) is 4.77. The smallest absolute Gasteiger partial charge is 0.244 e. The lowest BCUT2D eigenvalue weighted by Gasteiger charge is -2.17. The van der Waals surface area contributed by atoms with Crippen molar-refractivity contribution in [3.8, 4) is 0 Å². The summed E-state index contributed by atoms with van der Waals surface area (Å²) >= 11 is 11.6. The fourth-order valence-corrected chi connectivity index (χ4v) is 3.09. The summed E-state index contributed by atoms with van der Waals surface area (Å²) in [5, 5.41) is 0.510. The summed E-state index contributed by atoms with van der Waals surface area (Å²) in [5.74, 6) is 0. The highest BCUT2D eigenvalue weighted by molar-refractivity contribution is 7.89. The monoisotopic (exact) mass is 297 g/mol. The molecule has 96 valence electrons. The van der Waals surface area contributed by atoms with Crippen molar-refractivity contribution < 1.29 is 13.2 Å². The largest absolute Gasteiger partial charge is 0.383 e. The molecule has 4 nitrogen and oxygen atoms in total. The summed E-state index contributed by atoms with van der Waals surface area (Å²) in [4.78, 5) is 0.0437. The zero-order valence-electron chi connectivity index (χ0n) is 9.48. The number of nitrogens with zero attached hydrogens (tertiary/aromatic N) is 1. The second-order valence-corrected chi connectivity index (χ2v) is 6.25. The van der Waals surface area contributed by atoms with E-state index in [0.29, 0.717) is 11.6 Å². The van der Waals surface area contributed by atoms with E-state index in [2.05, 4.69) is 0 Å². The highest BCUT2D eigenvalue weighted by atomic mass is 35.5. The summed E-state index contributed by atoms with van der Waals surface area (Å²) in [5.41, 5.74) is 0. The van der Waals surface area contributed by atoms with Gasteiger partial charge in [-0.25, -0.2) is 8.42 Å². The Kier molecular flexibility index (Phi) is 5.22. The van der Waals surface area contributed by atoms with Crippen molar-refractivity contribution in [2.75, 3.05) is 27.3 Å². The van der Waals surface area contributed by atoms with E-state index in [1.54, 1.807) is 0 Å². The number of rotatable bonds is 5. The lowest BCUT2D eigenvalue weighted by atomic mass is 10.4. The van der Waals surface area contributed by atoms with Crippen LogP contribution in [0.4, 0.5) is 0 Å². The van der Waals surface area contributed by atoms with Gasteiger partial charge in [-0.05, 0) is 18.2 Å². The Bertz CT molecular complexity index is 490. The molecular weight excluding hydrogens is 285 g/mol. The second kappa shape index (κ2) is 6.02. The van der Waals surface area contributed by atoms with E-state index in [9.17, 15) is 8.42 Å². The zero-order valence-corrected chi connectivity index (χ0v) is 11.8. The van der Waals surface area contributed by atoms with Crippen LogP contribution in [0.2, 0.25) is 10.0 Å².